The van der Waals surface area contributed by atoms with Gasteiger partial charge in [-0.3, -0.25) is 0 Å². The number of hydrogen-bond donors (Lipinski definition) is 0. The van der Waals surface area contributed by atoms with Gasteiger partial charge in [0.1, 0.15) is 4.88 Å². The van der Waals surface area contributed by atoms with Crippen molar-refractivity contribution in [3.63, 3.8) is 0 Å². The molecule has 0 spiro atoms. The summed E-state index contributed by atoms with van der Waals surface area (Å²) in [7, 11) is 1.38. The average Bonchev–Trinajstić information content (AvgIpc) is 2.77. The third kappa shape index (κ3) is 2.51. The summed E-state index contributed by atoms with van der Waals surface area (Å²) in [5.41, 5.74) is 2.19. The van der Waals surface area contributed by atoms with Crippen molar-refractivity contribution in [1.29, 1.82) is 0 Å². The second kappa shape index (κ2) is 4.90. The molecule has 1 aromatic heterocycles. The largest absolute Gasteiger partial charge is 0.465 e. The van der Waals surface area contributed by atoms with Gasteiger partial charge in [-0.2, -0.15) is 0 Å². The molecular formula is C13H11ClO2S. The van der Waals surface area contributed by atoms with E-state index in [-0.39, 0.29) is 5.97 Å². The molecule has 0 N–H and O–H groups in total. The molecule has 0 bridgehead atoms. The number of hydrogen-bond acceptors (Lipinski definition) is 3. The van der Waals surface area contributed by atoms with Crippen LogP contribution in [-0.2, 0) is 4.74 Å². The minimum atomic E-state index is -0.298. The van der Waals surface area contributed by atoms with E-state index in [2.05, 4.69) is 4.74 Å². The molecule has 0 unspecified atom stereocenters. The monoisotopic (exact) mass is 266 g/mol. The van der Waals surface area contributed by atoms with E-state index in [1.807, 2.05) is 31.2 Å². The Hall–Kier alpha value is -1.32. The Bertz CT molecular complexity index is 560. The Morgan fingerprint density at radius 1 is 1.29 bits per heavy atom. The van der Waals surface area contributed by atoms with Crippen molar-refractivity contribution in [3.05, 3.63) is 45.8 Å². The van der Waals surface area contributed by atoms with Gasteiger partial charge < -0.3 is 4.74 Å². The van der Waals surface area contributed by atoms with Crippen LogP contribution in [0.4, 0.5) is 0 Å². The molecule has 0 fully saturated rings. The molecule has 0 radical (unpaired) electrons. The van der Waals surface area contributed by atoms with Crippen LogP contribution >= 0.6 is 22.9 Å². The highest BCUT2D eigenvalue weighted by molar-refractivity contribution is 7.17. The Labute approximate surface area is 109 Å². The zero-order chi connectivity index (χ0) is 12.4. The van der Waals surface area contributed by atoms with Gasteiger partial charge in [0.05, 0.1) is 7.11 Å². The number of benzene rings is 1. The van der Waals surface area contributed by atoms with Crippen LogP contribution in [0.3, 0.4) is 0 Å². The maximum Gasteiger partial charge on any atom is 0.348 e. The lowest BCUT2D eigenvalue weighted by molar-refractivity contribution is 0.0606. The van der Waals surface area contributed by atoms with Gasteiger partial charge >= 0.3 is 5.97 Å². The summed E-state index contributed by atoms with van der Waals surface area (Å²) in [5.74, 6) is -0.298. The minimum absolute atomic E-state index is 0.298. The highest BCUT2D eigenvalue weighted by atomic mass is 35.5. The zero-order valence-corrected chi connectivity index (χ0v) is 11.1. The third-order valence-electron chi connectivity index (χ3n) is 2.45. The normalized spacial score (nSPS) is 10.3. The van der Waals surface area contributed by atoms with Gasteiger partial charge in [-0.15, -0.1) is 11.3 Å². The average molecular weight is 267 g/mol. The van der Waals surface area contributed by atoms with Gasteiger partial charge in [0.15, 0.2) is 0 Å². The van der Waals surface area contributed by atoms with E-state index in [0.29, 0.717) is 4.88 Å². The number of halogens is 1. The van der Waals surface area contributed by atoms with Crippen LogP contribution in [0.5, 0.6) is 0 Å². The highest BCUT2D eigenvalue weighted by Gasteiger charge is 2.11. The number of aryl methyl sites for hydroxylation is 1. The van der Waals surface area contributed by atoms with E-state index >= 15 is 0 Å². The lowest BCUT2D eigenvalue weighted by Crippen LogP contribution is -1.96. The van der Waals surface area contributed by atoms with E-state index in [1.165, 1.54) is 18.4 Å². The van der Waals surface area contributed by atoms with Crippen LogP contribution in [-0.4, -0.2) is 13.1 Å². The van der Waals surface area contributed by atoms with Gasteiger partial charge in [-0.05, 0) is 42.3 Å². The molecule has 0 aliphatic carbocycles. The van der Waals surface area contributed by atoms with Gasteiger partial charge in [-0.1, -0.05) is 17.7 Å². The van der Waals surface area contributed by atoms with E-state index in [9.17, 15) is 4.79 Å². The first-order valence-corrected chi connectivity index (χ1v) is 6.26. The molecule has 0 amide bonds. The number of thiophene rings is 1. The molecule has 0 saturated heterocycles. The van der Waals surface area contributed by atoms with Crippen LogP contribution in [0.25, 0.3) is 10.4 Å². The van der Waals surface area contributed by atoms with Crippen LogP contribution in [0.2, 0.25) is 5.02 Å². The molecule has 1 heterocycles. The molecule has 0 saturated carbocycles. The van der Waals surface area contributed by atoms with Crippen molar-refractivity contribution in [1.82, 2.24) is 0 Å². The topological polar surface area (TPSA) is 26.3 Å². The number of carbonyl (C=O) groups is 1. The molecule has 0 atom stereocenters. The predicted molar refractivity (Wildman–Crippen MR) is 70.8 cm³/mol. The maximum absolute atomic E-state index is 11.4. The van der Waals surface area contributed by atoms with E-state index in [1.54, 1.807) is 6.07 Å². The number of esters is 1. The fourth-order valence-corrected chi connectivity index (χ4v) is 2.84. The summed E-state index contributed by atoms with van der Waals surface area (Å²) in [6, 6.07) is 9.42. The van der Waals surface area contributed by atoms with Crippen LogP contribution in [0, 0.1) is 6.92 Å². The first-order valence-electron chi connectivity index (χ1n) is 5.06. The van der Waals surface area contributed by atoms with Gasteiger partial charge in [0.2, 0.25) is 0 Å². The molecule has 2 nitrogen and oxygen atoms in total. The van der Waals surface area contributed by atoms with E-state index < -0.39 is 0 Å². The number of rotatable bonds is 2. The first-order chi connectivity index (χ1) is 8.11. The predicted octanol–water partition coefficient (Wildman–Crippen LogP) is 4.16. The molecular weight excluding hydrogens is 256 g/mol. The van der Waals surface area contributed by atoms with Crippen molar-refractivity contribution in [3.8, 4) is 10.4 Å². The number of ether oxygens (including phenoxy) is 1. The second-order valence-electron chi connectivity index (χ2n) is 3.61. The zero-order valence-electron chi connectivity index (χ0n) is 9.49. The molecule has 88 valence electrons. The summed E-state index contributed by atoms with van der Waals surface area (Å²) in [6.07, 6.45) is 0. The van der Waals surface area contributed by atoms with Gasteiger partial charge in [0.25, 0.3) is 0 Å². The van der Waals surface area contributed by atoms with Gasteiger partial charge in [0, 0.05) is 9.90 Å². The Morgan fingerprint density at radius 2 is 2.06 bits per heavy atom. The standard InChI is InChI=1S/C13H11ClO2S/c1-8-7-9(14)3-4-10(8)11-5-6-12(17-11)13(15)16-2/h3-7H,1-2H3. The molecule has 4 heteroatoms. The smallest absolute Gasteiger partial charge is 0.348 e. The summed E-state index contributed by atoms with van der Waals surface area (Å²) >= 11 is 7.33. The highest BCUT2D eigenvalue weighted by Crippen LogP contribution is 2.32. The summed E-state index contributed by atoms with van der Waals surface area (Å²) < 4.78 is 4.69. The van der Waals surface area contributed by atoms with Crippen molar-refractivity contribution in [2.75, 3.05) is 7.11 Å². The molecule has 0 aliphatic heterocycles. The summed E-state index contributed by atoms with van der Waals surface area (Å²) in [6.45, 7) is 2.00. The Balaban J connectivity index is 2.40. The van der Waals surface area contributed by atoms with E-state index in [4.69, 9.17) is 11.6 Å². The lowest BCUT2D eigenvalue weighted by atomic mass is 10.1. The molecule has 1 aromatic carbocycles. The molecule has 2 rings (SSSR count). The Morgan fingerprint density at radius 3 is 2.71 bits per heavy atom. The van der Waals surface area contributed by atoms with Crippen LogP contribution in [0.1, 0.15) is 15.2 Å². The number of methoxy groups -OCH3 is 1. The van der Waals surface area contributed by atoms with E-state index in [0.717, 1.165) is 21.0 Å². The summed E-state index contributed by atoms with van der Waals surface area (Å²) in [4.78, 5) is 13.0. The first kappa shape index (κ1) is 12.1. The van der Waals surface area contributed by atoms with Crippen LogP contribution < -0.4 is 0 Å². The fourth-order valence-electron chi connectivity index (χ4n) is 1.60. The van der Waals surface area contributed by atoms with Crippen molar-refractivity contribution >= 4 is 28.9 Å². The number of carbonyl (C=O) groups excluding carboxylic acids is 1. The SMILES string of the molecule is COC(=O)c1ccc(-c2ccc(Cl)cc2C)s1. The third-order valence-corrected chi connectivity index (χ3v) is 3.78. The fraction of sp³-hybridized carbons (Fsp3) is 0.154. The molecule has 0 aliphatic rings. The molecule has 2 aromatic rings. The van der Waals surface area contributed by atoms with Crippen molar-refractivity contribution < 1.29 is 9.53 Å². The van der Waals surface area contributed by atoms with Crippen molar-refractivity contribution in [2.24, 2.45) is 0 Å². The Kier molecular flexibility index (Phi) is 3.50. The van der Waals surface area contributed by atoms with Crippen LogP contribution in [0.15, 0.2) is 30.3 Å². The summed E-state index contributed by atoms with van der Waals surface area (Å²) in [5, 5.41) is 0.719. The van der Waals surface area contributed by atoms with Crippen molar-refractivity contribution in [2.45, 2.75) is 6.92 Å². The minimum Gasteiger partial charge on any atom is -0.465 e. The maximum atomic E-state index is 11.4. The second-order valence-corrected chi connectivity index (χ2v) is 5.13. The quantitative estimate of drug-likeness (QED) is 0.763. The van der Waals surface area contributed by atoms with Gasteiger partial charge in [-0.25, -0.2) is 4.79 Å². The lowest BCUT2D eigenvalue weighted by Gasteiger charge is -2.03. The molecule has 17 heavy (non-hydrogen) atoms.